The van der Waals surface area contributed by atoms with E-state index in [-0.39, 0.29) is 39.8 Å². The van der Waals surface area contributed by atoms with Crippen molar-refractivity contribution in [1.29, 1.82) is 0 Å². The Bertz CT molecular complexity index is 1490. The van der Waals surface area contributed by atoms with Crippen molar-refractivity contribution >= 4 is 40.6 Å². The van der Waals surface area contributed by atoms with Crippen LogP contribution in [0.5, 0.6) is 5.75 Å². The molecular weight excluding hydrogens is 516 g/mol. The molecule has 0 fully saturated rings. The Morgan fingerprint density at radius 1 is 1.00 bits per heavy atom. The molecule has 3 amide bonds. The number of carbonyl (C=O) groups excluding carboxylic acids is 3. The van der Waals surface area contributed by atoms with E-state index in [1.54, 1.807) is 0 Å². The van der Waals surface area contributed by atoms with Crippen molar-refractivity contribution in [2.45, 2.75) is 12.6 Å². The second-order valence-electron chi connectivity index (χ2n) is 8.13. The first-order chi connectivity index (χ1) is 18.2. The summed E-state index contributed by atoms with van der Waals surface area (Å²) in [5.74, 6) is -3.65. The molecule has 0 saturated carbocycles. The minimum absolute atomic E-state index is 0.00655. The molecule has 12 heteroatoms. The third-order valence-corrected chi connectivity index (χ3v) is 6.41. The van der Waals surface area contributed by atoms with Crippen LogP contribution in [0, 0.1) is 11.6 Å². The molecule has 3 aromatic carbocycles. The Hall–Kier alpha value is -4.84. The highest BCUT2D eigenvalue weighted by molar-refractivity contribution is 7.09. The van der Waals surface area contributed by atoms with Crippen molar-refractivity contribution in [2.75, 3.05) is 10.6 Å². The standard InChI is InChI=1S/C26H21F2N5O4S/c27-16-8-4-14(5-9-16)13-31-25(36)22(15-6-10-19(34)11-7-15)33(18-3-1-2-17(28)12-18)26(37)23-20(29)21(24(30)35)32-38-23/h1-12,22,34H,13,29H2,(H2,30,35)(H,31,36)/t22-/m1/s1. The lowest BCUT2D eigenvalue weighted by molar-refractivity contribution is -0.122. The van der Waals surface area contributed by atoms with Crippen LogP contribution in [0.2, 0.25) is 0 Å². The van der Waals surface area contributed by atoms with Gasteiger partial charge < -0.3 is 21.9 Å². The number of phenolic OH excluding ortho intramolecular Hbond substituents is 1. The van der Waals surface area contributed by atoms with Gasteiger partial charge in [-0.1, -0.05) is 30.3 Å². The Balaban J connectivity index is 1.81. The highest BCUT2D eigenvalue weighted by Gasteiger charge is 2.36. The third kappa shape index (κ3) is 5.60. The highest BCUT2D eigenvalue weighted by Crippen LogP contribution is 2.34. The fraction of sp³-hybridized carbons (Fsp3) is 0.0769. The average Bonchev–Trinajstić information content (AvgIpc) is 3.28. The molecule has 9 nitrogen and oxygen atoms in total. The summed E-state index contributed by atoms with van der Waals surface area (Å²) >= 11 is 0.610. The van der Waals surface area contributed by atoms with Gasteiger partial charge in [-0.3, -0.25) is 19.3 Å². The van der Waals surface area contributed by atoms with E-state index in [1.807, 2.05) is 0 Å². The lowest BCUT2D eigenvalue weighted by Crippen LogP contribution is -2.44. The van der Waals surface area contributed by atoms with Gasteiger partial charge >= 0.3 is 0 Å². The van der Waals surface area contributed by atoms with E-state index in [9.17, 15) is 28.3 Å². The number of amides is 3. The van der Waals surface area contributed by atoms with Crippen molar-refractivity contribution in [1.82, 2.24) is 9.69 Å². The zero-order chi connectivity index (χ0) is 27.4. The first-order valence-corrected chi connectivity index (χ1v) is 11.9. The minimum Gasteiger partial charge on any atom is -0.508 e. The van der Waals surface area contributed by atoms with E-state index >= 15 is 0 Å². The van der Waals surface area contributed by atoms with E-state index in [1.165, 1.54) is 66.7 Å². The van der Waals surface area contributed by atoms with Gasteiger partial charge in [0.1, 0.15) is 28.3 Å². The minimum atomic E-state index is -1.39. The molecule has 0 radical (unpaired) electrons. The summed E-state index contributed by atoms with van der Waals surface area (Å²) in [6.45, 7) is -0.00655. The van der Waals surface area contributed by atoms with E-state index in [4.69, 9.17) is 11.5 Å². The van der Waals surface area contributed by atoms with Gasteiger partial charge in [0.2, 0.25) is 5.91 Å². The van der Waals surface area contributed by atoms with Crippen LogP contribution in [0.4, 0.5) is 20.2 Å². The molecule has 0 unspecified atom stereocenters. The molecule has 0 aliphatic carbocycles. The monoisotopic (exact) mass is 537 g/mol. The lowest BCUT2D eigenvalue weighted by atomic mass is 10.0. The van der Waals surface area contributed by atoms with E-state index in [0.717, 1.165) is 11.0 Å². The van der Waals surface area contributed by atoms with Crippen LogP contribution >= 0.6 is 11.5 Å². The Kier molecular flexibility index (Phi) is 7.63. The molecule has 4 aromatic rings. The third-order valence-electron chi connectivity index (χ3n) is 5.56. The number of hydrogen-bond acceptors (Lipinski definition) is 7. The van der Waals surface area contributed by atoms with Gasteiger partial charge in [-0.05, 0) is 65.1 Å². The number of nitrogens with zero attached hydrogens (tertiary/aromatic N) is 2. The molecule has 0 saturated heterocycles. The maximum absolute atomic E-state index is 14.3. The van der Waals surface area contributed by atoms with Crippen LogP contribution in [0.3, 0.4) is 0 Å². The summed E-state index contributed by atoms with van der Waals surface area (Å²) < 4.78 is 31.5. The molecule has 194 valence electrons. The molecule has 1 heterocycles. The number of benzene rings is 3. The Morgan fingerprint density at radius 3 is 2.29 bits per heavy atom. The largest absolute Gasteiger partial charge is 0.508 e. The summed E-state index contributed by atoms with van der Waals surface area (Å²) in [5, 5.41) is 12.5. The summed E-state index contributed by atoms with van der Waals surface area (Å²) in [6.07, 6.45) is 0. The predicted molar refractivity (Wildman–Crippen MR) is 137 cm³/mol. The molecule has 0 aliphatic heterocycles. The first-order valence-electron chi connectivity index (χ1n) is 11.1. The van der Waals surface area contributed by atoms with Crippen LogP contribution < -0.4 is 21.7 Å². The van der Waals surface area contributed by atoms with Crippen LogP contribution in [0.25, 0.3) is 0 Å². The van der Waals surface area contributed by atoms with Crippen molar-refractivity contribution in [2.24, 2.45) is 5.73 Å². The molecule has 1 atom stereocenters. The van der Waals surface area contributed by atoms with Gasteiger partial charge in [0.05, 0.1) is 5.69 Å². The van der Waals surface area contributed by atoms with Crippen molar-refractivity contribution in [3.05, 3.63) is 106 Å². The van der Waals surface area contributed by atoms with Crippen LogP contribution in [-0.4, -0.2) is 27.2 Å². The normalized spacial score (nSPS) is 11.5. The van der Waals surface area contributed by atoms with Crippen molar-refractivity contribution in [3.8, 4) is 5.75 Å². The second kappa shape index (κ2) is 11.0. The van der Waals surface area contributed by atoms with Crippen LogP contribution in [0.1, 0.15) is 37.3 Å². The number of rotatable bonds is 8. The van der Waals surface area contributed by atoms with E-state index in [2.05, 4.69) is 9.69 Å². The number of nitrogens with one attached hydrogen (secondary N) is 1. The van der Waals surface area contributed by atoms with Gasteiger partial charge in [0.15, 0.2) is 5.69 Å². The molecule has 6 N–H and O–H groups in total. The molecule has 38 heavy (non-hydrogen) atoms. The van der Waals surface area contributed by atoms with Crippen LogP contribution in [0.15, 0.2) is 72.8 Å². The zero-order valence-electron chi connectivity index (χ0n) is 19.6. The van der Waals surface area contributed by atoms with Crippen molar-refractivity contribution < 1.29 is 28.3 Å². The zero-order valence-corrected chi connectivity index (χ0v) is 20.4. The highest BCUT2D eigenvalue weighted by atomic mass is 32.1. The molecule has 0 bridgehead atoms. The maximum Gasteiger partial charge on any atom is 0.273 e. The number of carbonyl (C=O) groups is 3. The number of aromatic hydroxyl groups is 1. The molecule has 0 spiro atoms. The first kappa shape index (κ1) is 26.2. The van der Waals surface area contributed by atoms with Gasteiger partial charge in [-0.2, -0.15) is 4.37 Å². The van der Waals surface area contributed by atoms with E-state index < -0.39 is 35.4 Å². The van der Waals surface area contributed by atoms with Crippen molar-refractivity contribution in [3.63, 3.8) is 0 Å². The summed E-state index contributed by atoms with van der Waals surface area (Å²) in [5.41, 5.74) is 11.6. The van der Waals surface area contributed by atoms with Gasteiger partial charge in [0, 0.05) is 12.2 Å². The van der Waals surface area contributed by atoms with Gasteiger partial charge in [-0.15, -0.1) is 0 Å². The average molecular weight is 538 g/mol. The smallest absolute Gasteiger partial charge is 0.273 e. The maximum atomic E-state index is 14.3. The van der Waals surface area contributed by atoms with Gasteiger partial charge in [-0.25, -0.2) is 8.78 Å². The number of hydrogen-bond donors (Lipinski definition) is 4. The quantitative estimate of drug-likeness (QED) is 0.270. The number of nitrogen functional groups attached to an aromatic ring is 1. The number of nitrogens with two attached hydrogens (primary N) is 2. The molecule has 0 aliphatic rings. The number of aromatic nitrogens is 1. The fourth-order valence-corrected chi connectivity index (χ4v) is 4.45. The SMILES string of the molecule is NC(=O)c1nsc(C(=O)N(c2cccc(F)c2)[C@@H](C(=O)NCc2ccc(F)cc2)c2ccc(O)cc2)c1N. The predicted octanol–water partition coefficient (Wildman–Crippen LogP) is 3.51. The van der Waals surface area contributed by atoms with Crippen LogP contribution in [-0.2, 0) is 11.3 Å². The summed E-state index contributed by atoms with van der Waals surface area (Å²) in [7, 11) is 0. The topological polar surface area (TPSA) is 152 Å². The molecular formula is C26H21F2N5O4S. The fourth-order valence-electron chi connectivity index (χ4n) is 3.71. The van der Waals surface area contributed by atoms with E-state index in [0.29, 0.717) is 17.1 Å². The second-order valence-corrected chi connectivity index (χ2v) is 8.90. The lowest BCUT2D eigenvalue weighted by Gasteiger charge is -2.31. The summed E-state index contributed by atoms with van der Waals surface area (Å²) in [4.78, 5) is 40.0. The van der Waals surface area contributed by atoms with Gasteiger partial charge in [0.25, 0.3) is 11.8 Å². The Morgan fingerprint density at radius 2 is 1.68 bits per heavy atom. The Labute approximate surface area is 219 Å². The number of anilines is 2. The summed E-state index contributed by atoms with van der Waals surface area (Å²) in [6, 6.07) is 14.6. The molecule has 4 rings (SSSR count). The molecule has 1 aromatic heterocycles. The number of halogens is 2. The number of primary amides is 1. The number of phenols is 1.